The van der Waals surface area contributed by atoms with Crippen molar-refractivity contribution in [1.82, 2.24) is 5.32 Å². The van der Waals surface area contributed by atoms with E-state index in [4.69, 9.17) is 4.74 Å². The number of nitrogens with one attached hydrogen (secondary N) is 1. The molecule has 78 valence electrons. The van der Waals surface area contributed by atoms with Crippen molar-refractivity contribution in [2.24, 2.45) is 0 Å². The fourth-order valence-corrected chi connectivity index (χ4v) is 2.53. The largest absolute Gasteiger partial charge is 0.377 e. The Kier molecular flexibility index (Phi) is 3.21. The van der Waals surface area contributed by atoms with Gasteiger partial charge in [0.05, 0.1) is 5.60 Å². The smallest absolute Gasteiger partial charge is 0.0802 e. The van der Waals surface area contributed by atoms with E-state index in [2.05, 4.69) is 22.8 Å². The molecule has 1 aliphatic rings. The molecule has 1 N–H and O–H groups in total. The molecular weight excluding hydrogens is 194 g/mol. The van der Waals surface area contributed by atoms with Crippen molar-refractivity contribution < 1.29 is 4.74 Å². The van der Waals surface area contributed by atoms with Crippen molar-refractivity contribution in [3.63, 3.8) is 0 Å². The lowest BCUT2D eigenvalue weighted by atomic mass is 9.80. The van der Waals surface area contributed by atoms with Crippen LogP contribution in [0.25, 0.3) is 0 Å². The van der Waals surface area contributed by atoms with E-state index in [9.17, 15) is 0 Å². The van der Waals surface area contributed by atoms with Gasteiger partial charge in [-0.2, -0.15) is 0 Å². The van der Waals surface area contributed by atoms with Gasteiger partial charge in [0, 0.05) is 25.1 Å². The summed E-state index contributed by atoms with van der Waals surface area (Å²) < 4.78 is 5.53. The first-order valence-electron chi connectivity index (χ1n) is 5.13. The summed E-state index contributed by atoms with van der Waals surface area (Å²) in [5, 5.41) is 5.58. The summed E-state index contributed by atoms with van der Waals surface area (Å²) in [5.41, 5.74) is 0.150. The van der Waals surface area contributed by atoms with Crippen LogP contribution in [0.4, 0.5) is 0 Å². The van der Waals surface area contributed by atoms with Gasteiger partial charge in [-0.05, 0) is 30.7 Å². The van der Waals surface area contributed by atoms with Gasteiger partial charge in [0.15, 0.2) is 0 Å². The lowest BCUT2D eigenvalue weighted by Crippen LogP contribution is -2.47. The van der Waals surface area contributed by atoms with E-state index in [0.29, 0.717) is 0 Å². The lowest BCUT2D eigenvalue weighted by Gasteiger charge is -2.40. The highest BCUT2D eigenvalue weighted by atomic mass is 32.1. The van der Waals surface area contributed by atoms with Gasteiger partial charge in [-0.15, -0.1) is 11.3 Å². The molecule has 2 rings (SSSR count). The molecule has 0 atom stereocenters. The Hall–Kier alpha value is -0.380. The number of hydrogen-bond acceptors (Lipinski definition) is 3. The number of thiophene rings is 1. The van der Waals surface area contributed by atoms with Gasteiger partial charge in [-0.3, -0.25) is 0 Å². The Labute approximate surface area is 89.3 Å². The van der Waals surface area contributed by atoms with Crippen LogP contribution in [0, 0.1) is 0 Å². The third kappa shape index (κ3) is 2.16. The highest BCUT2D eigenvalue weighted by molar-refractivity contribution is 7.09. The van der Waals surface area contributed by atoms with E-state index in [1.54, 1.807) is 11.3 Å². The molecule has 0 spiro atoms. The van der Waals surface area contributed by atoms with Crippen molar-refractivity contribution in [2.45, 2.75) is 31.4 Å². The average Bonchev–Trinajstić information content (AvgIpc) is 2.62. The minimum Gasteiger partial charge on any atom is -0.377 e. The fraction of sp³-hybridized carbons (Fsp3) is 0.636. The average molecular weight is 211 g/mol. The highest BCUT2D eigenvalue weighted by Gasteiger charge is 2.36. The van der Waals surface area contributed by atoms with E-state index >= 15 is 0 Å². The molecule has 1 aromatic rings. The van der Waals surface area contributed by atoms with E-state index < -0.39 is 0 Å². The highest BCUT2D eigenvalue weighted by Crippen LogP contribution is 2.34. The Morgan fingerprint density at radius 3 is 2.93 bits per heavy atom. The second-order valence-corrected chi connectivity index (χ2v) is 4.96. The Morgan fingerprint density at radius 2 is 2.43 bits per heavy atom. The number of rotatable bonds is 5. The monoisotopic (exact) mass is 211 g/mol. The summed E-state index contributed by atoms with van der Waals surface area (Å²) in [6.45, 7) is 1.96. The molecule has 1 aliphatic carbocycles. The number of methoxy groups -OCH3 is 1. The molecular formula is C11H17NOS. The van der Waals surface area contributed by atoms with Crippen LogP contribution < -0.4 is 5.32 Å². The molecule has 3 heteroatoms. The molecule has 1 aromatic heterocycles. The van der Waals surface area contributed by atoms with Crippen LogP contribution in [0.5, 0.6) is 0 Å². The zero-order valence-corrected chi connectivity index (χ0v) is 9.40. The molecule has 0 bridgehead atoms. The van der Waals surface area contributed by atoms with Crippen LogP contribution in [-0.2, 0) is 11.3 Å². The standard InChI is InChI=1S/C11H17NOS/c1-13-11(5-3-6-11)9-12-8-10-4-2-7-14-10/h2,4,7,12H,3,5-6,8-9H2,1H3. The molecule has 1 heterocycles. The van der Waals surface area contributed by atoms with E-state index in [-0.39, 0.29) is 5.60 Å². The van der Waals surface area contributed by atoms with Gasteiger partial charge < -0.3 is 10.1 Å². The zero-order valence-electron chi connectivity index (χ0n) is 8.58. The Bertz CT molecular complexity index is 261. The zero-order chi connectivity index (χ0) is 9.86. The van der Waals surface area contributed by atoms with Crippen molar-refractivity contribution >= 4 is 11.3 Å². The normalized spacial score (nSPS) is 19.2. The van der Waals surface area contributed by atoms with E-state index in [1.807, 2.05) is 7.11 Å². The maximum atomic E-state index is 5.53. The van der Waals surface area contributed by atoms with Crippen LogP contribution in [0.2, 0.25) is 0 Å². The van der Waals surface area contributed by atoms with Gasteiger partial charge in [0.2, 0.25) is 0 Å². The summed E-state index contributed by atoms with van der Waals surface area (Å²) in [5.74, 6) is 0. The lowest BCUT2D eigenvalue weighted by molar-refractivity contribution is -0.0695. The van der Waals surface area contributed by atoms with Crippen molar-refractivity contribution in [3.05, 3.63) is 22.4 Å². The van der Waals surface area contributed by atoms with Crippen LogP contribution in [0.15, 0.2) is 17.5 Å². The maximum Gasteiger partial charge on any atom is 0.0802 e. The van der Waals surface area contributed by atoms with Gasteiger partial charge in [-0.1, -0.05) is 6.07 Å². The van der Waals surface area contributed by atoms with Crippen molar-refractivity contribution in [3.8, 4) is 0 Å². The summed E-state index contributed by atoms with van der Waals surface area (Å²) in [7, 11) is 1.83. The van der Waals surface area contributed by atoms with Crippen LogP contribution in [-0.4, -0.2) is 19.3 Å². The maximum absolute atomic E-state index is 5.53. The molecule has 2 nitrogen and oxygen atoms in total. The summed E-state index contributed by atoms with van der Waals surface area (Å²) in [4.78, 5) is 1.40. The number of hydrogen-bond donors (Lipinski definition) is 1. The van der Waals surface area contributed by atoms with Crippen LogP contribution in [0.3, 0.4) is 0 Å². The van der Waals surface area contributed by atoms with E-state index in [0.717, 1.165) is 13.1 Å². The second-order valence-electron chi connectivity index (χ2n) is 3.92. The molecule has 0 aliphatic heterocycles. The summed E-state index contributed by atoms with van der Waals surface area (Å²) in [6.07, 6.45) is 3.73. The molecule has 1 saturated carbocycles. The Morgan fingerprint density at radius 1 is 1.57 bits per heavy atom. The molecule has 0 saturated heterocycles. The molecule has 14 heavy (non-hydrogen) atoms. The number of ether oxygens (including phenoxy) is 1. The molecule has 0 radical (unpaired) electrons. The first-order chi connectivity index (χ1) is 6.85. The molecule has 0 unspecified atom stereocenters. The van der Waals surface area contributed by atoms with Crippen molar-refractivity contribution in [1.29, 1.82) is 0 Å². The van der Waals surface area contributed by atoms with Crippen LogP contribution >= 0.6 is 11.3 Å². The quantitative estimate of drug-likeness (QED) is 0.807. The predicted octanol–water partition coefficient (Wildman–Crippen LogP) is 2.41. The molecule has 1 fully saturated rings. The fourth-order valence-electron chi connectivity index (χ4n) is 1.85. The van der Waals surface area contributed by atoms with Gasteiger partial charge in [-0.25, -0.2) is 0 Å². The van der Waals surface area contributed by atoms with Gasteiger partial charge >= 0.3 is 0 Å². The predicted molar refractivity (Wildman–Crippen MR) is 59.6 cm³/mol. The molecule has 0 amide bonds. The molecule has 0 aromatic carbocycles. The topological polar surface area (TPSA) is 21.3 Å². The first kappa shape index (κ1) is 10.1. The summed E-state index contributed by atoms with van der Waals surface area (Å²) in [6, 6.07) is 4.26. The van der Waals surface area contributed by atoms with Crippen molar-refractivity contribution in [2.75, 3.05) is 13.7 Å². The Balaban J connectivity index is 1.72. The van der Waals surface area contributed by atoms with Gasteiger partial charge in [0.1, 0.15) is 0 Å². The first-order valence-corrected chi connectivity index (χ1v) is 6.01. The van der Waals surface area contributed by atoms with Gasteiger partial charge in [0.25, 0.3) is 0 Å². The minimum absolute atomic E-state index is 0.150. The third-order valence-electron chi connectivity index (χ3n) is 3.02. The van der Waals surface area contributed by atoms with Crippen LogP contribution in [0.1, 0.15) is 24.1 Å². The second kappa shape index (κ2) is 4.43. The third-order valence-corrected chi connectivity index (χ3v) is 3.90. The summed E-state index contributed by atoms with van der Waals surface area (Å²) >= 11 is 1.80. The van der Waals surface area contributed by atoms with E-state index in [1.165, 1.54) is 24.1 Å². The minimum atomic E-state index is 0.150. The SMILES string of the molecule is COC1(CNCc2cccs2)CCC1.